The molecule has 4 heteroatoms. The summed E-state index contributed by atoms with van der Waals surface area (Å²) in [6, 6.07) is 3.79. The van der Waals surface area contributed by atoms with Crippen molar-refractivity contribution in [3.8, 4) is 5.75 Å². The van der Waals surface area contributed by atoms with Crippen LogP contribution in [-0.4, -0.2) is 35.5 Å². The summed E-state index contributed by atoms with van der Waals surface area (Å²) in [5, 5.41) is 0. The second-order valence-electron chi connectivity index (χ2n) is 6.92. The molecule has 1 saturated carbocycles. The summed E-state index contributed by atoms with van der Waals surface area (Å²) in [7, 11) is 0. The van der Waals surface area contributed by atoms with Crippen LogP contribution in [0.1, 0.15) is 51.4 Å². The van der Waals surface area contributed by atoms with Gasteiger partial charge in [-0.2, -0.15) is 0 Å². The van der Waals surface area contributed by atoms with E-state index in [0.717, 1.165) is 57.6 Å². The fraction of sp³-hybridized carbons (Fsp3) is 0.684. The monoisotopic (exact) mass is 316 g/mol. The third kappa shape index (κ3) is 4.69. The molecule has 0 aromatic carbocycles. The Hall–Kier alpha value is -1.58. The molecule has 0 N–H and O–H groups in total. The lowest BCUT2D eigenvalue weighted by Crippen LogP contribution is -2.42. The molecule has 0 bridgehead atoms. The lowest BCUT2D eigenvalue weighted by molar-refractivity contribution is -0.138. The Kier molecular flexibility index (Phi) is 5.89. The van der Waals surface area contributed by atoms with Crippen molar-refractivity contribution in [1.29, 1.82) is 0 Å². The Morgan fingerprint density at radius 1 is 1.09 bits per heavy atom. The SMILES string of the molecule is O=C(C1CCCCC1)N1CCC(CCOc2ccncc2)CC1. The van der Waals surface area contributed by atoms with E-state index in [9.17, 15) is 4.79 Å². The van der Waals surface area contributed by atoms with Gasteiger partial charge in [0.05, 0.1) is 6.61 Å². The van der Waals surface area contributed by atoms with Crippen molar-refractivity contribution >= 4 is 5.91 Å². The van der Waals surface area contributed by atoms with Crippen LogP contribution < -0.4 is 4.74 Å². The summed E-state index contributed by atoms with van der Waals surface area (Å²) in [6.07, 6.45) is 12.8. The van der Waals surface area contributed by atoms with Gasteiger partial charge in [0.1, 0.15) is 5.75 Å². The van der Waals surface area contributed by atoms with Crippen LogP contribution in [0.5, 0.6) is 5.75 Å². The average Bonchev–Trinajstić information content (AvgIpc) is 2.63. The Bertz CT molecular complexity index is 477. The van der Waals surface area contributed by atoms with E-state index in [2.05, 4.69) is 9.88 Å². The summed E-state index contributed by atoms with van der Waals surface area (Å²) >= 11 is 0. The van der Waals surface area contributed by atoms with Crippen LogP contribution in [0.15, 0.2) is 24.5 Å². The van der Waals surface area contributed by atoms with Crippen molar-refractivity contribution < 1.29 is 9.53 Å². The third-order valence-corrected chi connectivity index (χ3v) is 5.33. The van der Waals surface area contributed by atoms with Crippen LogP contribution in [0.3, 0.4) is 0 Å². The highest BCUT2D eigenvalue weighted by molar-refractivity contribution is 5.79. The van der Waals surface area contributed by atoms with Crippen molar-refractivity contribution in [2.24, 2.45) is 11.8 Å². The number of hydrogen-bond acceptors (Lipinski definition) is 3. The molecule has 2 fully saturated rings. The first kappa shape index (κ1) is 16.3. The van der Waals surface area contributed by atoms with Crippen LogP contribution in [-0.2, 0) is 4.79 Å². The van der Waals surface area contributed by atoms with Crippen LogP contribution in [0, 0.1) is 11.8 Å². The van der Waals surface area contributed by atoms with Gasteiger partial charge < -0.3 is 9.64 Å². The van der Waals surface area contributed by atoms with E-state index in [0.29, 0.717) is 17.7 Å². The third-order valence-electron chi connectivity index (χ3n) is 5.33. The molecule has 2 aliphatic rings. The largest absolute Gasteiger partial charge is 0.493 e. The molecule has 0 atom stereocenters. The van der Waals surface area contributed by atoms with Gasteiger partial charge in [0.15, 0.2) is 0 Å². The van der Waals surface area contributed by atoms with E-state index in [1.54, 1.807) is 12.4 Å². The molecule has 0 spiro atoms. The maximum atomic E-state index is 12.6. The Morgan fingerprint density at radius 3 is 2.48 bits per heavy atom. The first-order valence-corrected chi connectivity index (χ1v) is 9.14. The number of pyridine rings is 1. The van der Waals surface area contributed by atoms with E-state index in [1.165, 1.54) is 19.3 Å². The molecule has 2 heterocycles. The molecule has 0 radical (unpaired) electrons. The average molecular weight is 316 g/mol. The van der Waals surface area contributed by atoms with Crippen molar-refractivity contribution in [1.82, 2.24) is 9.88 Å². The molecule has 1 aliphatic carbocycles. The van der Waals surface area contributed by atoms with Crippen LogP contribution in [0.2, 0.25) is 0 Å². The van der Waals surface area contributed by atoms with Crippen molar-refractivity contribution in [3.63, 3.8) is 0 Å². The fourth-order valence-electron chi connectivity index (χ4n) is 3.83. The number of amides is 1. The number of hydrogen-bond donors (Lipinski definition) is 0. The highest BCUT2D eigenvalue weighted by Gasteiger charge is 2.28. The Labute approximate surface area is 139 Å². The Balaban J connectivity index is 1.36. The maximum Gasteiger partial charge on any atom is 0.225 e. The molecule has 0 unspecified atom stereocenters. The zero-order chi connectivity index (χ0) is 15.9. The second kappa shape index (κ2) is 8.32. The summed E-state index contributed by atoms with van der Waals surface area (Å²) in [4.78, 5) is 18.7. The van der Waals surface area contributed by atoms with E-state index in [-0.39, 0.29) is 0 Å². The first-order valence-electron chi connectivity index (χ1n) is 9.14. The molecule has 23 heavy (non-hydrogen) atoms. The zero-order valence-electron chi connectivity index (χ0n) is 14.0. The summed E-state index contributed by atoms with van der Waals surface area (Å²) < 4.78 is 5.76. The van der Waals surface area contributed by atoms with E-state index < -0.39 is 0 Å². The summed E-state index contributed by atoms with van der Waals surface area (Å²) in [5.74, 6) is 2.32. The number of carbonyl (C=O) groups is 1. The minimum Gasteiger partial charge on any atom is -0.493 e. The zero-order valence-corrected chi connectivity index (χ0v) is 14.0. The Morgan fingerprint density at radius 2 is 1.78 bits per heavy atom. The normalized spacial score (nSPS) is 20.4. The number of likely N-dealkylation sites (tertiary alicyclic amines) is 1. The molecule has 3 rings (SSSR count). The molecular formula is C19H28N2O2. The number of nitrogens with zero attached hydrogens (tertiary/aromatic N) is 2. The maximum absolute atomic E-state index is 12.6. The standard InChI is InChI=1S/C19H28N2O2/c22-19(17-4-2-1-3-5-17)21-13-8-16(9-14-21)10-15-23-18-6-11-20-12-7-18/h6-7,11-12,16-17H,1-5,8-10,13-15H2. The molecule has 4 nitrogen and oxygen atoms in total. The minimum absolute atomic E-state index is 0.315. The molecule has 1 aromatic rings. The predicted molar refractivity (Wildman–Crippen MR) is 90.2 cm³/mol. The predicted octanol–water partition coefficient (Wildman–Crippen LogP) is 3.67. The number of ether oxygens (including phenoxy) is 1. The highest BCUT2D eigenvalue weighted by Crippen LogP contribution is 2.28. The number of carbonyl (C=O) groups excluding carboxylic acids is 1. The fourth-order valence-corrected chi connectivity index (χ4v) is 3.83. The number of aromatic nitrogens is 1. The van der Waals surface area contributed by atoms with Gasteiger partial charge in [0.2, 0.25) is 5.91 Å². The van der Waals surface area contributed by atoms with Crippen LogP contribution in [0.4, 0.5) is 0 Å². The minimum atomic E-state index is 0.315. The number of piperidine rings is 1. The van der Waals surface area contributed by atoms with Crippen molar-refractivity contribution in [2.75, 3.05) is 19.7 Å². The van der Waals surface area contributed by atoms with E-state index in [1.807, 2.05) is 12.1 Å². The summed E-state index contributed by atoms with van der Waals surface area (Å²) in [5.41, 5.74) is 0. The van der Waals surface area contributed by atoms with Gasteiger partial charge in [0.25, 0.3) is 0 Å². The smallest absolute Gasteiger partial charge is 0.225 e. The van der Waals surface area contributed by atoms with Crippen molar-refractivity contribution in [3.05, 3.63) is 24.5 Å². The van der Waals surface area contributed by atoms with Gasteiger partial charge >= 0.3 is 0 Å². The van der Waals surface area contributed by atoms with Crippen LogP contribution in [0.25, 0.3) is 0 Å². The van der Waals surface area contributed by atoms with Gasteiger partial charge in [-0.25, -0.2) is 0 Å². The molecule has 126 valence electrons. The topological polar surface area (TPSA) is 42.4 Å². The van der Waals surface area contributed by atoms with Crippen molar-refractivity contribution in [2.45, 2.75) is 51.4 Å². The second-order valence-corrected chi connectivity index (χ2v) is 6.92. The van der Waals surface area contributed by atoms with Gasteiger partial charge in [-0.05, 0) is 50.2 Å². The van der Waals surface area contributed by atoms with Gasteiger partial charge in [-0.15, -0.1) is 0 Å². The molecular weight excluding hydrogens is 288 g/mol. The molecule has 1 amide bonds. The lowest BCUT2D eigenvalue weighted by atomic mass is 9.87. The highest BCUT2D eigenvalue weighted by atomic mass is 16.5. The molecule has 1 aromatic heterocycles. The lowest BCUT2D eigenvalue weighted by Gasteiger charge is -2.35. The van der Waals surface area contributed by atoms with E-state index >= 15 is 0 Å². The number of rotatable bonds is 5. The quantitative estimate of drug-likeness (QED) is 0.832. The van der Waals surface area contributed by atoms with Gasteiger partial charge in [-0.1, -0.05) is 19.3 Å². The molecule has 1 saturated heterocycles. The molecule has 1 aliphatic heterocycles. The van der Waals surface area contributed by atoms with E-state index in [4.69, 9.17) is 4.74 Å². The first-order chi connectivity index (χ1) is 11.3. The van der Waals surface area contributed by atoms with Gasteiger partial charge in [-0.3, -0.25) is 9.78 Å². The van der Waals surface area contributed by atoms with Crippen LogP contribution >= 0.6 is 0 Å². The summed E-state index contributed by atoms with van der Waals surface area (Å²) in [6.45, 7) is 2.63. The van der Waals surface area contributed by atoms with Gasteiger partial charge in [0, 0.05) is 31.4 Å².